The first-order valence-corrected chi connectivity index (χ1v) is 13.2. The molecule has 1 N–H and O–H groups in total. The number of rotatable bonds is 6. The molecule has 29 heavy (non-hydrogen) atoms. The molecule has 8 atom stereocenters. The van der Waals surface area contributed by atoms with E-state index in [1.54, 1.807) is 5.57 Å². The van der Waals surface area contributed by atoms with Gasteiger partial charge in [0.2, 0.25) is 0 Å². The predicted molar refractivity (Wildman–Crippen MR) is 124 cm³/mol. The number of hydrogen-bond donors (Lipinski definition) is 1. The van der Waals surface area contributed by atoms with E-state index in [0.717, 1.165) is 48.3 Å². The lowest BCUT2D eigenvalue weighted by Gasteiger charge is -2.58. The van der Waals surface area contributed by atoms with Gasteiger partial charge in [-0.05, 0) is 97.7 Å². The van der Waals surface area contributed by atoms with Gasteiger partial charge in [-0.2, -0.15) is 0 Å². The zero-order valence-corrected chi connectivity index (χ0v) is 20.1. The Hall–Kier alpha value is -0.300. The second kappa shape index (κ2) is 8.33. The van der Waals surface area contributed by atoms with Crippen molar-refractivity contribution in [2.45, 2.75) is 118 Å². The van der Waals surface area contributed by atoms with Crippen LogP contribution in [-0.2, 0) is 0 Å². The molecule has 4 aliphatic rings. The summed E-state index contributed by atoms with van der Waals surface area (Å²) in [7, 11) is 0. The Morgan fingerprint density at radius 2 is 1.76 bits per heavy atom. The van der Waals surface area contributed by atoms with Crippen LogP contribution in [0.25, 0.3) is 0 Å². The van der Waals surface area contributed by atoms with Crippen LogP contribution < -0.4 is 0 Å². The van der Waals surface area contributed by atoms with Gasteiger partial charge in [0, 0.05) is 0 Å². The van der Waals surface area contributed by atoms with Crippen LogP contribution in [0.5, 0.6) is 0 Å². The van der Waals surface area contributed by atoms with Crippen LogP contribution in [0.4, 0.5) is 0 Å². The Bertz CT molecular complexity index is 603. The molecule has 0 aromatic carbocycles. The zero-order chi connectivity index (χ0) is 20.8. The predicted octanol–water partition coefficient (Wildman–Crippen LogP) is 7.78. The van der Waals surface area contributed by atoms with Crippen molar-refractivity contribution in [3.05, 3.63) is 11.6 Å². The third kappa shape index (κ3) is 3.66. The maximum atomic E-state index is 10.2. The number of hydrogen-bond acceptors (Lipinski definition) is 1. The molecule has 166 valence electrons. The van der Waals surface area contributed by atoms with Gasteiger partial charge < -0.3 is 5.11 Å². The van der Waals surface area contributed by atoms with Gasteiger partial charge in [0.25, 0.3) is 0 Å². The fourth-order valence-electron chi connectivity index (χ4n) is 9.01. The lowest BCUT2D eigenvalue weighted by molar-refractivity contribution is -0.0574. The summed E-state index contributed by atoms with van der Waals surface area (Å²) in [6, 6.07) is 0. The second-order valence-electron chi connectivity index (χ2n) is 12.1. The quantitative estimate of drug-likeness (QED) is 0.451. The van der Waals surface area contributed by atoms with Crippen LogP contribution in [0, 0.1) is 46.3 Å². The summed E-state index contributed by atoms with van der Waals surface area (Å²) in [5.41, 5.74) is 2.60. The van der Waals surface area contributed by atoms with Crippen molar-refractivity contribution in [1.82, 2.24) is 0 Å². The summed E-state index contributed by atoms with van der Waals surface area (Å²) >= 11 is 0. The van der Waals surface area contributed by atoms with Crippen LogP contribution >= 0.6 is 0 Å². The van der Waals surface area contributed by atoms with E-state index < -0.39 is 0 Å². The number of allylic oxidation sites excluding steroid dienone is 1. The van der Waals surface area contributed by atoms with Gasteiger partial charge in [-0.25, -0.2) is 0 Å². The minimum absolute atomic E-state index is 0.0773. The molecule has 3 saturated carbocycles. The van der Waals surface area contributed by atoms with Crippen LogP contribution in [0.15, 0.2) is 11.6 Å². The largest absolute Gasteiger partial charge is 0.393 e. The van der Waals surface area contributed by atoms with Crippen molar-refractivity contribution in [2.24, 2.45) is 46.3 Å². The first-order valence-electron chi connectivity index (χ1n) is 13.2. The number of fused-ring (bicyclic) bond motifs is 5. The topological polar surface area (TPSA) is 20.2 Å². The Morgan fingerprint density at radius 3 is 2.48 bits per heavy atom. The molecule has 0 aliphatic heterocycles. The monoisotopic (exact) mass is 400 g/mol. The molecule has 0 spiro atoms. The lowest BCUT2D eigenvalue weighted by atomic mass is 9.47. The summed E-state index contributed by atoms with van der Waals surface area (Å²) in [6.07, 6.45) is 18.5. The standard InChI is InChI=1S/C28H48O/c1-6-20(7-2)9-8-19(3)24-12-13-25-23-11-10-21-18-22(29)14-16-27(21,4)26(23)15-17-28(24,25)5/h10,19-20,22-26,29H,6-9,11-18H2,1-5H3. The molecule has 0 aromatic heterocycles. The molecule has 8 unspecified atom stereocenters. The van der Waals surface area contributed by atoms with Crippen molar-refractivity contribution in [1.29, 1.82) is 0 Å². The Balaban J connectivity index is 1.48. The summed E-state index contributed by atoms with van der Waals surface area (Å²) in [6.45, 7) is 12.6. The molecule has 0 radical (unpaired) electrons. The van der Waals surface area contributed by atoms with E-state index in [0.29, 0.717) is 10.8 Å². The number of aliphatic hydroxyl groups excluding tert-OH is 1. The lowest BCUT2D eigenvalue weighted by Crippen LogP contribution is -2.50. The highest BCUT2D eigenvalue weighted by Crippen LogP contribution is 2.67. The van der Waals surface area contributed by atoms with Crippen LogP contribution in [-0.4, -0.2) is 11.2 Å². The minimum Gasteiger partial charge on any atom is -0.393 e. The SMILES string of the molecule is CCC(CC)CCC(C)C1CCC2C3CC=C4CC(O)CCC4(C)C3CCC12C. The third-order valence-electron chi connectivity index (χ3n) is 11.0. The molecular weight excluding hydrogens is 352 g/mol. The van der Waals surface area contributed by atoms with Crippen LogP contribution in [0.2, 0.25) is 0 Å². The van der Waals surface area contributed by atoms with Gasteiger partial charge in [-0.15, -0.1) is 0 Å². The van der Waals surface area contributed by atoms with Crippen LogP contribution in [0.3, 0.4) is 0 Å². The van der Waals surface area contributed by atoms with Crippen molar-refractivity contribution in [3.63, 3.8) is 0 Å². The highest BCUT2D eigenvalue weighted by Gasteiger charge is 2.59. The van der Waals surface area contributed by atoms with Crippen molar-refractivity contribution >= 4 is 0 Å². The smallest absolute Gasteiger partial charge is 0.0577 e. The zero-order valence-electron chi connectivity index (χ0n) is 20.1. The molecule has 0 amide bonds. The first kappa shape index (κ1) is 21.9. The van der Waals surface area contributed by atoms with E-state index in [-0.39, 0.29) is 6.10 Å². The normalized spacial score (nSPS) is 45.3. The van der Waals surface area contributed by atoms with E-state index in [2.05, 4.69) is 40.7 Å². The van der Waals surface area contributed by atoms with E-state index in [4.69, 9.17) is 0 Å². The first-order chi connectivity index (χ1) is 13.8. The van der Waals surface area contributed by atoms with Crippen molar-refractivity contribution in [3.8, 4) is 0 Å². The van der Waals surface area contributed by atoms with Gasteiger partial charge in [0.1, 0.15) is 0 Å². The third-order valence-corrected chi connectivity index (χ3v) is 11.0. The summed E-state index contributed by atoms with van der Waals surface area (Å²) in [5, 5.41) is 10.2. The highest BCUT2D eigenvalue weighted by atomic mass is 16.3. The Kier molecular flexibility index (Phi) is 6.29. The molecule has 4 aliphatic carbocycles. The molecular formula is C28H48O. The molecule has 1 nitrogen and oxygen atoms in total. The maximum absolute atomic E-state index is 10.2. The Morgan fingerprint density at radius 1 is 1.00 bits per heavy atom. The van der Waals surface area contributed by atoms with E-state index in [1.807, 2.05) is 0 Å². The summed E-state index contributed by atoms with van der Waals surface area (Å²) in [4.78, 5) is 0. The van der Waals surface area contributed by atoms with Crippen molar-refractivity contribution in [2.75, 3.05) is 0 Å². The highest BCUT2D eigenvalue weighted by molar-refractivity contribution is 5.25. The van der Waals surface area contributed by atoms with E-state index in [9.17, 15) is 5.11 Å². The number of aliphatic hydroxyl groups is 1. The van der Waals surface area contributed by atoms with Gasteiger partial charge >= 0.3 is 0 Å². The van der Waals surface area contributed by atoms with E-state index >= 15 is 0 Å². The van der Waals surface area contributed by atoms with Gasteiger partial charge in [0.05, 0.1) is 6.10 Å². The average molecular weight is 401 g/mol. The average Bonchev–Trinajstić information content (AvgIpc) is 3.06. The fourth-order valence-corrected chi connectivity index (χ4v) is 9.01. The Labute approximate surface area is 181 Å². The van der Waals surface area contributed by atoms with Gasteiger partial charge in [-0.1, -0.05) is 72.0 Å². The molecule has 4 rings (SSSR count). The van der Waals surface area contributed by atoms with Crippen molar-refractivity contribution < 1.29 is 5.11 Å². The second-order valence-corrected chi connectivity index (χ2v) is 12.1. The molecule has 0 heterocycles. The van der Waals surface area contributed by atoms with E-state index in [1.165, 1.54) is 64.2 Å². The fraction of sp³-hybridized carbons (Fsp3) is 0.929. The summed E-state index contributed by atoms with van der Waals surface area (Å²) < 4.78 is 0. The maximum Gasteiger partial charge on any atom is 0.0577 e. The minimum atomic E-state index is -0.0773. The van der Waals surface area contributed by atoms with Gasteiger partial charge in [-0.3, -0.25) is 0 Å². The van der Waals surface area contributed by atoms with Crippen LogP contribution in [0.1, 0.15) is 112 Å². The molecule has 3 fully saturated rings. The molecule has 0 bridgehead atoms. The molecule has 0 aromatic rings. The summed E-state index contributed by atoms with van der Waals surface area (Å²) in [5.74, 6) is 5.54. The molecule has 0 saturated heterocycles. The molecule has 1 heteroatoms. The van der Waals surface area contributed by atoms with Gasteiger partial charge in [0.15, 0.2) is 0 Å².